The Kier molecular flexibility index (Phi) is 3.69. The van der Waals surface area contributed by atoms with Gasteiger partial charge in [-0.05, 0) is 37.6 Å². The summed E-state index contributed by atoms with van der Waals surface area (Å²) >= 11 is 6.16. The number of anilines is 1. The topological polar surface area (TPSA) is 29.9 Å². The molecule has 0 aliphatic carbocycles. The Labute approximate surface area is 106 Å². The molecule has 1 aromatic heterocycles. The van der Waals surface area contributed by atoms with Gasteiger partial charge >= 0.3 is 0 Å². The highest BCUT2D eigenvalue weighted by atomic mass is 35.5. The molecule has 3 nitrogen and oxygen atoms in total. The van der Waals surface area contributed by atoms with Gasteiger partial charge in [0.1, 0.15) is 0 Å². The van der Waals surface area contributed by atoms with E-state index in [2.05, 4.69) is 17.3 Å². The lowest BCUT2D eigenvalue weighted by Crippen LogP contribution is -2.08. The molecule has 0 aliphatic rings. The third-order valence-corrected chi connectivity index (χ3v) is 3.00. The van der Waals surface area contributed by atoms with Crippen molar-refractivity contribution in [3.05, 3.63) is 46.7 Å². The molecule has 4 heteroatoms. The van der Waals surface area contributed by atoms with Gasteiger partial charge in [-0.1, -0.05) is 17.7 Å². The van der Waals surface area contributed by atoms with E-state index in [4.69, 9.17) is 11.6 Å². The molecular weight excluding hydrogens is 234 g/mol. The number of nitrogens with one attached hydrogen (secondary N) is 1. The first-order valence-electron chi connectivity index (χ1n) is 5.71. The molecule has 1 heterocycles. The zero-order valence-corrected chi connectivity index (χ0v) is 10.8. The van der Waals surface area contributed by atoms with Crippen LogP contribution in [0.25, 0.3) is 0 Å². The lowest BCUT2D eigenvalue weighted by molar-refractivity contribution is 0.627. The summed E-state index contributed by atoms with van der Waals surface area (Å²) in [6.07, 6.45) is 1.82. The summed E-state index contributed by atoms with van der Waals surface area (Å²) in [5.74, 6) is 0. The number of hydrogen-bond donors (Lipinski definition) is 1. The minimum Gasteiger partial charge on any atom is -0.378 e. The Bertz CT molecular complexity index is 505. The fourth-order valence-corrected chi connectivity index (χ4v) is 2.05. The number of benzene rings is 1. The van der Waals surface area contributed by atoms with Gasteiger partial charge in [-0.3, -0.25) is 4.68 Å². The number of rotatable bonds is 4. The molecule has 0 aliphatic heterocycles. The molecule has 0 saturated carbocycles. The first kappa shape index (κ1) is 12.0. The molecule has 0 unspecified atom stereocenters. The second-order valence-corrected chi connectivity index (χ2v) is 4.38. The van der Waals surface area contributed by atoms with E-state index in [-0.39, 0.29) is 0 Å². The highest BCUT2D eigenvalue weighted by Gasteiger charge is 2.03. The summed E-state index contributed by atoms with van der Waals surface area (Å²) in [5.41, 5.74) is 3.28. The zero-order chi connectivity index (χ0) is 12.3. The Morgan fingerprint density at radius 2 is 2.18 bits per heavy atom. The molecule has 0 amide bonds. The van der Waals surface area contributed by atoms with Gasteiger partial charge in [0.05, 0.1) is 22.9 Å². The van der Waals surface area contributed by atoms with Gasteiger partial charge in [0.2, 0.25) is 0 Å². The van der Waals surface area contributed by atoms with Crippen molar-refractivity contribution in [1.82, 2.24) is 9.78 Å². The predicted molar refractivity (Wildman–Crippen MR) is 71.4 cm³/mol. The van der Waals surface area contributed by atoms with Gasteiger partial charge in [0.25, 0.3) is 0 Å². The molecule has 90 valence electrons. The van der Waals surface area contributed by atoms with Crippen LogP contribution in [0.3, 0.4) is 0 Å². The fraction of sp³-hybridized carbons (Fsp3) is 0.308. The number of halogens is 1. The summed E-state index contributed by atoms with van der Waals surface area (Å²) in [4.78, 5) is 0. The maximum absolute atomic E-state index is 6.16. The van der Waals surface area contributed by atoms with Gasteiger partial charge in [-0.2, -0.15) is 5.10 Å². The molecule has 0 saturated heterocycles. The Morgan fingerprint density at radius 1 is 1.35 bits per heavy atom. The molecule has 17 heavy (non-hydrogen) atoms. The predicted octanol–water partition coefficient (Wildman–Crippen LogP) is 3.48. The third kappa shape index (κ3) is 2.80. The van der Waals surface area contributed by atoms with Crippen molar-refractivity contribution >= 4 is 17.3 Å². The molecule has 1 aromatic carbocycles. The quantitative estimate of drug-likeness (QED) is 0.899. The van der Waals surface area contributed by atoms with Gasteiger partial charge in [0.15, 0.2) is 0 Å². The van der Waals surface area contributed by atoms with E-state index in [0.29, 0.717) is 0 Å². The minimum absolute atomic E-state index is 0.733. The molecule has 0 spiro atoms. The maximum Gasteiger partial charge on any atom is 0.0640 e. The van der Waals surface area contributed by atoms with Crippen LogP contribution in [0.15, 0.2) is 30.5 Å². The highest BCUT2D eigenvalue weighted by molar-refractivity contribution is 6.33. The van der Waals surface area contributed by atoms with Crippen molar-refractivity contribution in [2.45, 2.75) is 26.9 Å². The van der Waals surface area contributed by atoms with E-state index in [1.807, 2.05) is 42.1 Å². The molecule has 0 atom stereocenters. The molecule has 2 rings (SSSR count). The van der Waals surface area contributed by atoms with Crippen molar-refractivity contribution in [3.8, 4) is 0 Å². The summed E-state index contributed by atoms with van der Waals surface area (Å²) in [5, 5.41) is 8.31. The average molecular weight is 250 g/mol. The van der Waals surface area contributed by atoms with Gasteiger partial charge in [-0.15, -0.1) is 0 Å². The SMILES string of the molecule is CCn1nccc1CNc1ccc(C)cc1Cl. The number of aryl methyl sites for hydroxylation is 2. The first-order chi connectivity index (χ1) is 8.20. The zero-order valence-electron chi connectivity index (χ0n) is 10.1. The monoisotopic (exact) mass is 249 g/mol. The van der Waals surface area contributed by atoms with Crippen molar-refractivity contribution in [3.63, 3.8) is 0 Å². The van der Waals surface area contributed by atoms with Crippen LogP contribution in [0, 0.1) is 6.92 Å². The van der Waals surface area contributed by atoms with Crippen LogP contribution in [0.1, 0.15) is 18.2 Å². The van der Waals surface area contributed by atoms with E-state index >= 15 is 0 Å². The second-order valence-electron chi connectivity index (χ2n) is 3.98. The van der Waals surface area contributed by atoms with Crippen LogP contribution in [-0.4, -0.2) is 9.78 Å². The van der Waals surface area contributed by atoms with Crippen LogP contribution < -0.4 is 5.32 Å². The minimum atomic E-state index is 0.733. The number of aromatic nitrogens is 2. The molecule has 2 aromatic rings. The lowest BCUT2D eigenvalue weighted by atomic mass is 10.2. The normalized spacial score (nSPS) is 10.5. The second kappa shape index (κ2) is 5.23. The van der Waals surface area contributed by atoms with E-state index in [1.165, 1.54) is 5.56 Å². The van der Waals surface area contributed by atoms with Gasteiger partial charge in [0, 0.05) is 12.7 Å². The fourth-order valence-electron chi connectivity index (χ4n) is 1.74. The largest absolute Gasteiger partial charge is 0.378 e. The maximum atomic E-state index is 6.16. The summed E-state index contributed by atoms with van der Waals surface area (Å²) in [7, 11) is 0. The third-order valence-electron chi connectivity index (χ3n) is 2.69. The molecule has 1 N–H and O–H groups in total. The van der Waals surface area contributed by atoms with Crippen molar-refractivity contribution in [2.24, 2.45) is 0 Å². The average Bonchev–Trinajstić information content (AvgIpc) is 2.75. The van der Waals surface area contributed by atoms with Crippen LogP contribution in [0.4, 0.5) is 5.69 Å². The molecule has 0 fully saturated rings. The van der Waals surface area contributed by atoms with Crippen LogP contribution in [-0.2, 0) is 13.1 Å². The van der Waals surface area contributed by atoms with Gasteiger partial charge < -0.3 is 5.32 Å². The molecule has 0 bridgehead atoms. The highest BCUT2D eigenvalue weighted by Crippen LogP contribution is 2.23. The van der Waals surface area contributed by atoms with Gasteiger partial charge in [-0.25, -0.2) is 0 Å². The van der Waals surface area contributed by atoms with Crippen molar-refractivity contribution in [1.29, 1.82) is 0 Å². The standard InChI is InChI=1S/C13H16ClN3/c1-3-17-11(6-7-16-17)9-15-13-5-4-10(2)8-12(13)14/h4-8,15H,3,9H2,1-2H3. The Morgan fingerprint density at radius 3 is 2.88 bits per heavy atom. The lowest BCUT2D eigenvalue weighted by Gasteiger charge is -2.10. The Balaban J connectivity index is 2.07. The molecular formula is C13H16ClN3. The van der Waals surface area contributed by atoms with E-state index in [0.717, 1.165) is 29.5 Å². The van der Waals surface area contributed by atoms with Crippen LogP contribution in [0.5, 0.6) is 0 Å². The van der Waals surface area contributed by atoms with E-state index in [1.54, 1.807) is 0 Å². The smallest absolute Gasteiger partial charge is 0.0640 e. The van der Waals surface area contributed by atoms with E-state index in [9.17, 15) is 0 Å². The molecule has 0 radical (unpaired) electrons. The van der Waals surface area contributed by atoms with Crippen molar-refractivity contribution < 1.29 is 0 Å². The van der Waals surface area contributed by atoms with E-state index < -0.39 is 0 Å². The summed E-state index contributed by atoms with van der Waals surface area (Å²) in [6, 6.07) is 8.02. The summed E-state index contributed by atoms with van der Waals surface area (Å²) in [6.45, 7) is 5.72. The van der Waals surface area contributed by atoms with Crippen LogP contribution in [0.2, 0.25) is 5.02 Å². The number of nitrogens with zero attached hydrogens (tertiary/aromatic N) is 2. The van der Waals surface area contributed by atoms with Crippen molar-refractivity contribution in [2.75, 3.05) is 5.32 Å². The van der Waals surface area contributed by atoms with Crippen LogP contribution >= 0.6 is 11.6 Å². The number of hydrogen-bond acceptors (Lipinski definition) is 2. The summed E-state index contributed by atoms with van der Waals surface area (Å²) < 4.78 is 1.97. The first-order valence-corrected chi connectivity index (χ1v) is 6.09. The Hall–Kier alpha value is -1.48.